The minimum absolute atomic E-state index is 0.0425. The van der Waals surface area contributed by atoms with Crippen LogP contribution in [0.25, 0.3) is 10.8 Å². The zero-order valence-electron chi connectivity index (χ0n) is 16.7. The second-order valence-corrected chi connectivity index (χ2v) is 7.32. The van der Waals surface area contributed by atoms with E-state index in [0.29, 0.717) is 25.5 Å². The van der Waals surface area contributed by atoms with Crippen LogP contribution in [0.2, 0.25) is 0 Å². The van der Waals surface area contributed by atoms with Gasteiger partial charge in [-0.3, -0.25) is 9.69 Å². The summed E-state index contributed by atoms with van der Waals surface area (Å²) in [6, 6.07) is 20.2. The predicted molar refractivity (Wildman–Crippen MR) is 114 cm³/mol. The third kappa shape index (κ3) is 5.14. The molecule has 1 saturated heterocycles. The molecule has 0 radical (unpaired) electrons. The number of hydrogen-bond acceptors (Lipinski definition) is 4. The van der Waals surface area contributed by atoms with Crippen molar-refractivity contribution < 1.29 is 18.7 Å². The zero-order chi connectivity index (χ0) is 20.8. The Morgan fingerprint density at radius 1 is 1.03 bits per heavy atom. The maximum Gasteiger partial charge on any atom is 0.258 e. The Labute approximate surface area is 175 Å². The van der Waals surface area contributed by atoms with Gasteiger partial charge in [-0.15, -0.1) is 0 Å². The summed E-state index contributed by atoms with van der Waals surface area (Å²) in [5.41, 5.74) is 0.967. The number of fused-ring (bicyclic) bond motifs is 1. The summed E-state index contributed by atoms with van der Waals surface area (Å²) in [7, 11) is 0. The van der Waals surface area contributed by atoms with Gasteiger partial charge in [0.25, 0.3) is 5.91 Å². The number of rotatable bonds is 7. The van der Waals surface area contributed by atoms with E-state index in [1.807, 2.05) is 42.5 Å². The SMILES string of the molecule is O=C(COc1ccc2ccccc2c1)NC[C@@H](c1ccc(F)cc1)N1CCOCC1. The molecule has 1 atom stereocenters. The minimum atomic E-state index is -0.271. The molecule has 3 aromatic carbocycles. The number of amides is 1. The molecule has 0 unspecified atom stereocenters. The molecule has 4 rings (SSSR count). The molecule has 0 spiro atoms. The van der Waals surface area contributed by atoms with Gasteiger partial charge in [-0.25, -0.2) is 4.39 Å². The van der Waals surface area contributed by atoms with E-state index in [-0.39, 0.29) is 24.4 Å². The monoisotopic (exact) mass is 408 g/mol. The lowest BCUT2D eigenvalue weighted by molar-refractivity contribution is -0.123. The molecule has 1 heterocycles. The summed E-state index contributed by atoms with van der Waals surface area (Å²) in [6.45, 7) is 3.20. The fourth-order valence-corrected chi connectivity index (χ4v) is 3.70. The van der Waals surface area contributed by atoms with E-state index < -0.39 is 0 Å². The van der Waals surface area contributed by atoms with Gasteiger partial charge in [-0.05, 0) is 40.6 Å². The van der Waals surface area contributed by atoms with Crippen LogP contribution in [-0.2, 0) is 9.53 Å². The second-order valence-electron chi connectivity index (χ2n) is 7.32. The first-order valence-electron chi connectivity index (χ1n) is 10.1. The first kappa shape index (κ1) is 20.3. The van der Waals surface area contributed by atoms with E-state index in [1.165, 1.54) is 12.1 Å². The van der Waals surface area contributed by atoms with Crippen molar-refractivity contribution in [2.24, 2.45) is 0 Å². The van der Waals surface area contributed by atoms with Gasteiger partial charge < -0.3 is 14.8 Å². The van der Waals surface area contributed by atoms with Crippen molar-refractivity contribution in [1.29, 1.82) is 0 Å². The van der Waals surface area contributed by atoms with Gasteiger partial charge in [0.05, 0.1) is 19.3 Å². The van der Waals surface area contributed by atoms with E-state index in [0.717, 1.165) is 29.4 Å². The van der Waals surface area contributed by atoms with Crippen LogP contribution in [0.15, 0.2) is 66.7 Å². The Morgan fingerprint density at radius 2 is 1.77 bits per heavy atom. The highest BCUT2D eigenvalue weighted by molar-refractivity contribution is 5.84. The molecule has 0 bridgehead atoms. The topological polar surface area (TPSA) is 50.8 Å². The fourth-order valence-electron chi connectivity index (χ4n) is 3.70. The van der Waals surface area contributed by atoms with Crippen LogP contribution in [0.1, 0.15) is 11.6 Å². The molecule has 1 fully saturated rings. The van der Waals surface area contributed by atoms with Gasteiger partial charge in [-0.2, -0.15) is 0 Å². The van der Waals surface area contributed by atoms with E-state index in [1.54, 1.807) is 12.1 Å². The maximum atomic E-state index is 13.3. The van der Waals surface area contributed by atoms with Crippen molar-refractivity contribution in [2.45, 2.75) is 6.04 Å². The summed E-state index contributed by atoms with van der Waals surface area (Å²) in [6.07, 6.45) is 0. The van der Waals surface area contributed by atoms with Crippen molar-refractivity contribution in [3.05, 3.63) is 78.1 Å². The van der Waals surface area contributed by atoms with Gasteiger partial charge in [0.15, 0.2) is 6.61 Å². The number of halogens is 1. The highest BCUT2D eigenvalue weighted by Crippen LogP contribution is 2.22. The lowest BCUT2D eigenvalue weighted by Crippen LogP contribution is -2.44. The van der Waals surface area contributed by atoms with E-state index in [9.17, 15) is 9.18 Å². The van der Waals surface area contributed by atoms with Crippen molar-refractivity contribution in [3.63, 3.8) is 0 Å². The number of nitrogens with zero attached hydrogens (tertiary/aromatic N) is 1. The number of morpholine rings is 1. The van der Waals surface area contributed by atoms with Gasteiger partial charge in [0, 0.05) is 19.6 Å². The lowest BCUT2D eigenvalue weighted by atomic mass is 10.0. The van der Waals surface area contributed by atoms with Crippen LogP contribution in [-0.4, -0.2) is 50.3 Å². The van der Waals surface area contributed by atoms with Gasteiger partial charge in [-0.1, -0.05) is 42.5 Å². The third-order valence-corrected chi connectivity index (χ3v) is 5.32. The summed E-state index contributed by atoms with van der Waals surface area (Å²) in [5.74, 6) is 0.197. The molecular weight excluding hydrogens is 383 g/mol. The first-order valence-corrected chi connectivity index (χ1v) is 10.1. The molecule has 3 aromatic rings. The predicted octanol–water partition coefficient (Wildman–Crippen LogP) is 3.55. The van der Waals surface area contributed by atoms with Gasteiger partial charge >= 0.3 is 0 Å². The van der Waals surface area contributed by atoms with Gasteiger partial charge in [0.1, 0.15) is 11.6 Å². The molecule has 1 amide bonds. The maximum absolute atomic E-state index is 13.3. The fraction of sp³-hybridized carbons (Fsp3) is 0.292. The highest BCUT2D eigenvalue weighted by Gasteiger charge is 2.23. The normalized spacial score (nSPS) is 15.6. The van der Waals surface area contributed by atoms with Crippen LogP contribution < -0.4 is 10.1 Å². The molecule has 156 valence electrons. The van der Waals surface area contributed by atoms with E-state index >= 15 is 0 Å². The largest absolute Gasteiger partial charge is 0.484 e. The summed E-state index contributed by atoms with van der Waals surface area (Å²) >= 11 is 0. The number of carbonyl (C=O) groups is 1. The number of carbonyl (C=O) groups excluding carboxylic acids is 1. The number of ether oxygens (including phenoxy) is 2. The second kappa shape index (κ2) is 9.69. The smallest absolute Gasteiger partial charge is 0.258 e. The Balaban J connectivity index is 1.36. The Morgan fingerprint density at radius 3 is 2.53 bits per heavy atom. The number of nitrogens with one attached hydrogen (secondary N) is 1. The molecular formula is C24H25FN2O3. The van der Waals surface area contributed by atoms with Gasteiger partial charge in [0.2, 0.25) is 0 Å². The molecule has 6 heteroatoms. The van der Waals surface area contributed by atoms with E-state index in [2.05, 4.69) is 10.2 Å². The van der Waals surface area contributed by atoms with E-state index in [4.69, 9.17) is 9.47 Å². The molecule has 0 aliphatic carbocycles. The average molecular weight is 408 g/mol. The van der Waals surface area contributed by atoms with Crippen LogP contribution in [0, 0.1) is 5.82 Å². The van der Waals surface area contributed by atoms with Crippen LogP contribution in [0.4, 0.5) is 4.39 Å². The molecule has 0 saturated carbocycles. The molecule has 30 heavy (non-hydrogen) atoms. The Bertz CT molecular complexity index is 987. The van der Waals surface area contributed by atoms with Crippen LogP contribution in [0.5, 0.6) is 5.75 Å². The zero-order valence-corrected chi connectivity index (χ0v) is 16.7. The Kier molecular flexibility index (Phi) is 6.57. The minimum Gasteiger partial charge on any atom is -0.484 e. The summed E-state index contributed by atoms with van der Waals surface area (Å²) in [4.78, 5) is 14.7. The molecule has 1 N–H and O–H groups in total. The lowest BCUT2D eigenvalue weighted by Gasteiger charge is -2.35. The molecule has 5 nitrogen and oxygen atoms in total. The molecule has 1 aliphatic rings. The van der Waals surface area contributed by atoms with Crippen molar-refractivity contribution in [3.8, 4) is 5.75 Å². The van der Waals surface area contributed by atoms with Crippen molar-refractivity contribution in [2.75, 3.05) is 39.5 Å². The highest BCUT2D eigenvalue weighted by atomic mass is 19.1. The van der Waals surface area contributed by atoms with Crippen LogP contribution >= 0.6 is 0 Å². The summed E-state index contributed by atoms with van der Waals surface area (Å²) in [5, 5.41) is 5.16. The molecule has 0 aromatic heterocycles. The Hall–Kier alpha value is -2.96. The standard InChI is InChI=1S/C24H25FN2O3/c25-21-8-5-19(6-9-21)23(27-11-13-29-14-12-27)16-26-24(28)17-30-22-10-7-18-3-1-2-4-20(18)15-22/h1-10,15,23H,11-14,16-17H2,(H,26,28)/t23-/m0/s1. The van der Waals surface area contributed by atoms with Crippen LogP contribution in [0.3, 0.4) is 0 Å². The number of benzene rings is 3. The third-order valence-electron chi connectivity index (χ3n) is 5.32. The van der Waals surface area contributed by atoms with Crippen molar-refractivity contribution in [1.82, 2.24) is 10.2 Å². The summed E-state index contributed by atoms with van der Waals surface area (Å²) < 4.78 is 24.5. The van der Waals surface area contributed by atoms with Crippen molar-refractivity contribution >= 4 is 16.7 Å². The first-order chi connectivity index (χ1) is 14.7. The average Bonchev–Trinajstić information content (AvgIpc) is 2.79. The quantitative estimate of drug-likeness (QED) is 0.650. The number of hydrogen-bond donors (Lipinski definition) is 1. The molecule has 1 aliphatic heterocycles.